The van der Waals surface area contributed by atoms with Gasteiger partial charge in [0.2, 0.25) is 0 Å². The molecule has 1 atom stereocenters. The first-order valence-corrected chi connectivity index (χ1v) is 8.28. The number of ketones is 1. The van der Waals surface area contributed by atoms with E-state index < -0.39 is 28.3 Å². The van der Waals surface area contributed by atoms with E-state index in [-0.39, 0.29) is 66.6 Å². The van der Waals surface area contributed by atoms with E-state index >= 15 is 0 Å². The summed E-state index contributed by atoms with van der Waals surface area (Å²) in [7, 11) is 1.00. The van der Waals surface area contributed by atoms with Crippen LogP contribution in [0.4, 0.5) is 17.6 Å². The number of rotatable bonds is 4. The van der Waals surface area contributed by atoms with Crippen molar-refractivity contribution in [2.75, 3.05) is 7.11 Å². The summed E-state index contributed by atoms with van der Waals surface area (Å²) in [4.78, 5) is 17.5. The second-order valence-corrected chi connectivity index (χ2v) is 6.09. The SMILES string of the molecule is C.CC(=O)c1ccc(C(F)(F)Cl)nc1.CC(O)c1ccc(C(F)(F)Cl)nc1.CO.[B].[B].[H-].[Na+]. The number of Topliss-reactive ketones (excluding diaryl/α,β-unsaturated/α-hetero) is 1. The number of aliphatic hydroxyl groups is 2. The maximum absolute atomic E-state index is 12.4. The van der Waals surface area contributed by atoms with Crippen LogP contribution in [0.1, 0.15) is 56.1 Å². The molecule has 6 radical (unpaired) electrons. The zero-order valence-corrected chi connectivity index (χ0v) is 20.7. The molecule has 0 spiro atoms. The van der Waals surface area contributed by atoms with Crippen molar-refractivity contribution < 1.29 is 63.6 Å². The predicted octanol–water partition coefficient (Wildman–Crippen LogP) is 1.59. The molecular weight excluding hydrogens is 484 g/mol. The number of aromatic nitrogens is 2. The van der Waals surface area contributed by atoms with Gasteiger partial charge < -0.3 is 11.6 Å². The van der Waals surface area contributed by atoms with Crippen molar-refractivity contribution in [3.8, 4) is 0 Å². The molecule has 0 saturated carbocycles. The van der Waals surface area contributed by atoms with Crippen molar-refractivity contribution in [1.82, 2.24) is 9.97 Å². The zero-order valence-electron chi connectivity index (χ0n) is 18.2. The van der Waals surface area contributed by atoms with Crippen molar-refractivity contribution in [3.05, 3.63) is 59.2 Å². The molecule has 2 N–H and O–H groups in total. The molecule has 0 aliphatic rings. The molecule has 0 amide bonds. The minimum atomic E-state index is -3.48. The van der Waals surface area contributed by atoms with Crippen LogP contribution in [-0.2, 0) is 10.8 Å². The first-order chi connectivity index (χ1) is 12.8. The van der Waals surface area contributed by atoms with Crippen LogP contribution in [0.25, 0.3) is 0 Å². The van der Waals surface area contributed by atoms with Gasteiger partial charge >= 0.3 is 40.3 Å². The Kier molecular flexibility index (Phi) is 24.3. The van der Waals surface area contributed by atoms with Crippen LogP contribution in [0.2, 0.25) is 0 Å². The van der Waals surface area contributed by atoms with Crippen molar-refractivity contribution in [3.63, 3.8) is 0 Å². The summed E-state index contributed by atoms with van der Waals surface area (Å²) in [6.07, 6.45) is 1.54. The van der Waals surface area contributed by atoms with E-state index in [0.717, 1.165) is 25.4 Å². The van der Waals surface area contributed by atoms with E-state index in [9.17, 15) is 22.4 Å². The van der Waals surface area contributed by atoms with Gasteiger partial charge in [-0.25, -0.2) is 0 Å². The maximum Gasteiger partial charge on any atom is 1.00 e. The standard InChI is InChI=1S/C8H8ClF2NO.C8H6ClF2NO.CH4O.CH4.2B.Na.H/c2*1-5(13)6-2-3-7(12-4-6)8(9,10)11;1-2;;;;;/h2-5,13H,1H3;2-4H,1H3;2H,1H3;1H4;;;;/q;;;;;;+1;-1. The summed E-state index contributed by atoms with van der Waals surface area (Å²) in [6.45, 7) is 2.85. The molecule has 2 aromatic rings. The number of aliphatic hydroxyl groups excluding tert-OH is 2. The van der Waals surface area contributed by atoms with E-state index in [1.54, 1.807) is 0 Å². The van der Waals surface area contributed by atoms with Crippen molar-refractivity contribution in [2.45, 2.75) is 38.1 Å². The van der Waals surface area contributed by atoms with Gasteiger partial charge in [-0.05, 0) is 60.8 Å². The van der Waals surface area contributed by atoms with Gasteiger partial charge in [-0.1, -0.05) is 13.5 Å². The fourth-order valence-electron chi connectivity index (χ4n) is 1.59. The molecule has 14 heteroatoms. The Balaban J connectivity index is -0.0000000899. The number of halogens is 6. The molecule has 0 aliphatic carbocycles. The molecular formula is C18H23B2Cl2F4N2NaO3. The number of nitrogens with zero attached hydrogens (tertiary/aromatic N) is 2. The molecule has 0 saturated heterocycles. The van der Waals surface area contributed by atoms with Crippen molar-refractivity contribution in [1.29, 1.82) is 0 Å². The van der Waals surface area contributed by atoms with Crippen molar-refractivity contribution >= 4 is 45.8 Å². The van der Waals surface area contributed by atoms with Gasteiger partial charge in [-0.2, -0.15) is 17.6 Å². The molecule has 0 fully saturated rings. The second-order valence-electron chi connectivity index (χ2n) is 5.14. The van der Waals surface area contributed by atoms with Crippen LogP contribution >= 0.6 is 23.2 Å². The van der Waals surface area contributed by atoms with E-state index in [4.69, 9.17) is 33.4 Å². The molecule has 0 aromatic carbocycles. The maximum atomic E-state index is 12.4. The molecule has 1 unspecified atom stereocenters. The first kappa shape index (κ1) is 41.6. The number of carbonyl (C=O) groups is 1. The van der Waals surface area contributed by atoms with Crippen LogP contribution in [0.15, 0.2) is 36.7 Å². The fraction of sp³-hybridized carbons (Fsp3) is 0.389. The second kappa shape index (κ2) is 18.7. The summed E-state index contributed by atoms with van der Waals surface area (Å²) in [6, 6.07) is 4.75. The average molecular weight is 507 g/mol. The van der Waals surface area contributed by atoms with Gasteiger partial charge in [0.1, 0.15) is 11.4 Å². The third kappa shape index (κ3) is 15.2. The quantitative estimate of drug-likeness (QED) is 0.285. The van der Waals surface area contributed by atoms with E-state index in [0.29, 0.717) is 5.56 Å². The summed E-state index contributed by atoms with van der Waals surface area (Å²) >= 11 is 9.44. The molecule has 172 valence electrons. The normalized spacial score (nSPS) is 10.6. The average Bonchev–Trinajstić information content (AvgIpc) is 2.62. The van der Waals surface area contributed by atoms with Crippen LogP contribution in [0, 0.1) is 0 Å². The zero-order chi connectivity index (χ0) is 22.1. The van der Waals surface area contributed by atoms with Crippen LogP contribution in [-0.4, -0.2) is 49.9 Å². The van der Waals surface area contributed by atoms with Crippen molar-refractivity contribution in [2.24, 2.45) is 0 Å². The first-order valence-electron chi connectivity index (χ1n) is 7.52. The molecule has 2 aromatic heterocycles. The Morgan fingerprint density at radius 1 is 0.969 bits per heavy atom. The largest absolute Gasteiger partial charge is 1.00 e. The van der Waals surface area contributed by atoms with Crippen LogP contribution in [0.5, 0.6) is 0 Å². The van der Waals surface area contributed by atoms with Gasteiger partial charge in [-0.3, -0.25) is 14.8 Å². The van der Waals surface area contributed by atoms with Gasteiger partial charge in [-0.15, -0.1) is 0 Å². The molecule has 2 heterocycles. The Labute approximate surface area is 222 Å². The number of pyridine rings is 2. The van der Waals surface area contributed by atoms with E-state index in [2.05, 4.69) is 9.97 Å². The van der Waals surface area contributed by atoms with Gasteiger partial charge in [0.15, 0.2) is 5.78 Å². The smallest absolute Gasteiger partial charge is 1.00 e. The summed E-state index contributed by atoms with van der Waals surface area (Å²) in [5.41, 5.74) is -0.313. The van der Waals surface area contributed by atoms with Gasteiger partial charge in [0, 0.05) is 41.9 Å². The number of carbonyl (C=O) groups excluding carboxylic acids is 1. The molecule has 0 aliphatic heterocycles. The molecule has 2 rings (SSSR count). The monoisotopic (exact) mass is 506 g/mol. The van der Waals surface area contributed by atoms with Crippen LogP contribution < -0.4 is 29.6 Å². The molecule has 5 nitrogen and oxygen atoms in total. The van der Waals surface area contributed by atoms with Crippen LogP contribution in [0.3, 0.4) is 0 Å². The minimum absolute atomic E-state index is 0. The number of alkyl halides is 6. The predicted molar refractivity (Wildman–Crippen MR) is 116 cm³/mol. The molecule has 0 bridgehead atoms. The third-order valence-corrected chi connectivity index (χ3v) is 3.41. The Bertz CT molecular complexity index is 756. The third-order valence-electron chi connectivity index (χ3n) is 3.02. The van der Waals surface area contributed by atoms with E-state index in [1.165, 1.54) is 32.2 Å². The summed E-state index contributed by atoms with van der Waals surface area (Å²) in [5, 5.41) is 9.13. The van der Waals surface area contributed by atoms with Gasteiger partial charge in [0.05, 0.1) is 6.10 Å². The summed E-state index contributed by atoms with van der Waals surface area (Å²) in [5.74, 6) is -0.225. The minimum Gasteiger partial charge on any atom is -1.00 e. The Hall–Kier alpha value is -0.680. The molecule has 32 heavy (non-hydrogen) atoms. The Morgan fingerprint density at radius 2 is 1.34 bits per heavy atom. The summed E-state index contributed by atoms with van der Waals surface area (Å²) < 4.78 is 49.7. The topological polar surface area (TPSA) is 83.3 Å². The fourth-order valence-corrected chi connectivity index (χ4v) is 1.81. The number of hydrogen-bond donors (Lipinski definition) is 2. The Morgan fingerprint density at radius 3 is 1.56 bits per heavy atom. The number of hydrogen-bond acceptors (Lipinski definition) is 5. The van der Waals surface area contributed by atoms with E-state index in [1.807, 2.05) is 0 Å². The van der Waals surface area contributed by atoms with Gasteiger partial charge in [0.25, 0.3) is 0 Å².